The summed E-state index contributed by atoms with van der Waals surface area (Å²) in [4.78, 5) is 0. The van der Waals surface area contributed by atoms with E-state index in [-0.39, 0.29) is 0 Å². The van der Waals surface area contributed by atoms with Crippen LogP contribution in [0.4, 0.5) is 5.69 Å². The predicted octanol–water partition coefficient (Wildman–Crippen LogP) is 0.522. The number of hydrogen-bond donors (Lipinski definition) is 1. The Kier molecular flexibility index (Phi) is 2.15. The Bertz CT molecular complexity index is 181. The van der Waals surface area contributed by atoms with Gasteiger partial charge in [0.05, 0.1) is 0 Å². The third-order valence-electron chi connectivity index (χ3n) is 1.14. The van der Waals surface area contributed by atoms with Crippen LogP contribution in [0.3, 0.4) is 0 Å². The summed E-state index contributed by atoms with van der Waals surface area (Å²) in [7, 11) is 1.91. The van der Waals surface area contributed by atoms with Crippen LogP contribution in [0, 0.1) is 0 Å². The predicted molar refractivity (Wildman–Crippen MR) is 41.4 cm³/mol. The van der Waals surface area contributed by atoms with Gasteiger partial charge in [0, 0.05) is 0 Å². The molecule has 0 bridgehead atoms. The Balaban J connectivity index is 2.88. The summed E-state index contributed by atoms with van der Waals surface area (Å²) in [5, 5.41) is 3.04. The molecule has 0 spiro atoms. The average Bonchev–Trinajstić information content (AvgIpc) is 1.90. The molecule has 0 aliphatic heterocycles. The standard InChI is InChI=1S/C7H8NSe/c1-8-6-2-4-7(9)5-3-6/h2-5,8H,1H3. The molecule has 0 amide bonds. The Hall–Kier alpha value is -0.461. The van der Waals surface area contributed by atoms with E-state index in [1.54, 1.807) is 0 Å². The van der Waals surface area contributed by atoms with Gasteiger partial charge in [0.2, 0.25) is 0 Å². The molecule has 0 aliphatic carbocycles. The Morgan fingerprint density at radius 2 is 1.78 bits per heavy atom. The zero-order valence-corrected chi connectivity index (χ0v) is 6.93. The second kappa shape index (κ2) is 2.90. The molecule has 1 radical (unpaired) electrons. The van der Waals surface area contributed by atoms with Crippen molar-refractivity contribution in [3.05, 3.63) is 24.3 Å². The van der Waals surface area contributed by atoms with E-state index in [2.05, 4.69) is 21.3 Å². The zero-order chi connectivity index (χ0) is 6.69. The maximum atomic E-state index is 3.04. The van der Waals surface area contributed by atoms with Crippen molar-refractivity contribution in [2.45, 2.75) is 0 Å². The van der Waals surface area contributed by atoms with Crippen LogP contribution in [0.5, 0.6) is 0 Å². The van der Waals surface area contributed by atoms with Crippen LogP contribution in [-0.4, -0.2) is 23.1 Å². The van der Waals surface area contributed by atoms with Crippen LogP contribution >= 0.6 is 0 Å². The molecule has 1 nitrogen and oxygen atoms in total. The van der Waals surface area contributed by atoms with Crippen molar-refractivity contribution < 1.29 is 0 Å². The van der Waals surface area contributed by atoms with Crippen LogP contribution in [0.25, 0.3) is 0 Å². The van der Waals surface area contributed by atoms with Crippen molar-refractivity contribution in [1.29, 1.82) is 0 Å². The Morgan fingerprint density at radius 3 is 2.22 bits per heavy atom. The van der Waals surface area contributed by atoms with Gasteiger partial charge < -0.3 is 0 Å². The molecule has 1 aromatic carbocycles. The molecule has 0 aromatic heterocycles. The van der Waals surface area contributed by atoms with Gasteiger partial charge in [-0.05, 0) is 0 Å². The first-order valence-electron chi connectivity index (χ1n) is 2.78. The van der Waals surface area contributed by atoms with Gasteiger partial charge in [-0.15, -0.1) is 0 Å². The zero-order valence-electron chi connectivity index (χ0n) is 5.22. The second-order valence-corrected chi connectivity index (χ2v) is 2.76. The van der Waals surface area contributed by atoms with Gasteiger partial charge in [-0.25, -0.2) is 0 Å². The molecule has 0 fully saturated rings. The van der Waals surface area contributed by atoms with E-state index >= 15 is 0 Å². The molecule has 0 aliphatic rings. The first-order chi connectivity index (χ1) is 4.33. The molecule has 47 valence electrons. The van der Waals surface area contributed by atoms with Crippen LogP contribution in [-0.2, 0) is 0 Å². The normalized spacial score (nSPS) is 9.00. The minimum atomic E-state index is 1.15. The molecule has 2 heteroatoms. The number of rotatable bonds is 1. The number of anilines is 1. The molecule has 0 saturated carbocycles. The fraction of sp³-hybridized carbons (Fsp3) is 0.143. The number of benzene rings is 1. The van der Waals surface area contributed by atoms with Crippen molar-refractivity contribution in [2.75, 3.05) is 12.4 Å². The molecule has 0 saturated heterocycles. The monoisotopic (exact) mass is 186 g/mol. The van der Waals surface area contributed by atoms with E-state index in [1.165, 1.54) is 4.46 Å². The van der Waals surface area contributed by atoms with Crippen molar-refractivity contribution in [3.8, 4) is 0 Å². The molecule has 1 N–H and O–H groups in total. The van der Waals surface area contributed by atoms with Gasteiger partial charge >= 0.3 is 62.8 Å². The van der Waals surface area contributed by atoms with Gasteiger partial charge in [0.25, 0.3) is 0 Å². The summed E-state index contributed by atoms with van der Waals surface area (Å²) < 4.78 is 1.18. The summed E-state index contributed by atoms with van der Waals surface area (Å²) in [6.07, 6.45) is 0. The molecule has 0 unspecified atom stereocenters. The van der Waals surface area contributed by atoms with Crippen LogP contribution < -0.4 is 9.78 Å². The van der Waals surface area contributed by atoms with Gasteiger partial charge in [-0.1, -0.05) is 0 Å². The van der Waals surface area contributed by atoms with Crippen molar-refractivity contribution >= 4 is 26.2 Å². The molecular weight excluding hydrogens is 177 g/mol. The summed E-state index contributed by atoms with van der Waals surface area (Å²) >= 11 is 2.93. The van der Waals surface area contributed by atoms with Crippen LogP contribution in [0.2, 0.25) is 0 Å². The van der Waals surface area contributed by atoms with E-state index in [4.69, 9.17) is 0 Å². The fourth-order valence-corrected chi connectivity index (χ4v) is 0.907. The number of hydrogen-bond acceptors (Lipinski definition) is 1. The minimum absolute atomic E-state index is 1.15. The Morgan fingerprint density at radius 1 is 1.22 bits per heavy atom. The first kappa shape index (κ1) is 6.66. The topological polar surface area (TPSA) is 12.0 Å². The molecule has 1 aromatic rings. The Labute approximate surface area is 63.3 Å². The second-order valence-electron chi connectivity index (χ2n) is 1.77. The van der Waals surface area contributed by atoms with Gasteiger partial charge in [-0.2, -0.15) is 0 Å². The molecule has 9 heavy (non-hydrogen) atoms. The maximum absolute atomic E-state index is 3.04. The third kappa shape index (κ3) is 1.74. The van der Waals surface area contributed by atoms with Crippen LogP contribution in [0.1, 0.15) is 0 Å². The first-order valence-corrected chi connectivity index (χ1v) is 3.63. The fourth-order valence-electron chi connectivity index (χ4n) is 0.622. The molecule has 1 rings (SSSR count). The summed E-state index contributed by atoms with van der Waals surface area (Å²) in [6.45, 7) is 0. The quantitative estimate of drug-likeness (QED) is 0.629. The third-order valence-corrected chi connectivity index (χ3v) is 1.71. The summed E-state index contributed by atoms with van der Waals surface area (Å²) in [6, 6.07) is 8.13. The van der Waals surface area contributed by atoms with E-state index in [0.717, 1.165) is 5.69 Å². The van der Waals surface area contributed by atoms with E-state index in [9.17, 15) is 0 Å². The van der Waals surface area contributed by atoms with Gasteiger partial charge in [-0.3, -0.25) is 0 Å². The average molecular weight is 185 g/mol. The molecule has 0 atom stereocenters. The van der Waals surface area contributed by atoms with Crippen LogP contribution in [0.15, 0.2) is 24.3 Å². The van der Waals surface area contributed by atoms with Crippen molar-refractivity contribution in [1.82, 2.24) is 0 Å². The van der Waals surface area contributed by atoms with Gasteiger partial charge in [0.1, 0.15) is 0 Å². The molecular formula is C7H8NSe. The van der Waals surface area contributed by atoms with Crippen molar-refractivity contribution in [3.63, 3.8) is 0 Å². The summed E-state index contributed by atoms with van der Waals surface area (Å²) in [5.41, 5.74) is 1.15. The van der Waals surface area contributed by atoms with E-state index in [0.29, 0.717) is 0 Å². The van der Waals surface area contributed by atoms with Gasteiger partial charge in [0.15, 0.2) is 0 Å². The van der Waals surface area contributed by atoms with Crippen molar-refractivity contribution in [2.24, 2.45) is 0 Å². The summed E-state index contributed by atoms with van der Waals surface area (Å²) in [5.74, 6) is 0. The van der Waals surface area contributed by atoms with E-state index < -0.39 is 0 Å². The number of nitrogens with one attached hydrogen (secondary N) is 1. The van der Waals surface area contributed by atoms with E-state index in [1.807, 2.05) is 31.3 Å². The SMILES string of the molecule is CNc1ccc([Se])cc1. The molecule has 0 heterocycles.